The van der Waals surface area contributed by atoms with Crippen molar-refractivity contribution in [3.05, 3.63) is 65.7 Å². The zero-order chi connectivity index (χ0) is 11.4. The molecule has 0 aliphatic rings. The number of halogens is 1. The van der Waals surface area contributed by atoms with E-state index in [9.17, 15) is 9.50 Å². The van der Waals surface area contributed by atoms with Crippen LogP contribution in [0.1, 0.15) is 11.3 Å². The van der Waals surface area contributed by atoms with Crippen LogP contribution in [-0.4, -0.2) is 10.1 Å². The molecule has 1 heterocycles. The minimum Gasteiger partial charge on any atom is -0.507 e. The number of nitrogens with zero attached hydrogens (tertiary/aromatic N) is 1. The lowest BCUT2D eigenvalue weighted by Gasteiger charge is -1.99. The summed E-state index contributed by atoms with van der Waals surface area (Å²) in [5.74, 6) is -0.256. The lowest BCUT2D eigenvalue weighted by Crippen LogP contribution is -1.85. The van der Waals surface area contributed by atoms with Crippen molar-refractivity contribution >= 4 is 11.8 Å². The molecule has 0 amide bonds. The molecule has 0 aliphatic carbocycles. The Bertz CT molecular complexity index is 491. The van der Waals surface area contributed by atoms with E-state index in [-0.39, 0.29) is 11.6 Å². The van der Waals surface area contributed by atoms with E-state index in [1.165, 1.54) is 30.3 Å². The Morgan fingerprint density at radius 1 is 1.12 bits per heavy atom. The molecular formula is C13H10FNO. The largest absolute Gasteiger partial charge is 0.507 e. The van der Waals surface area contributed by atoms with Gasteiger partial charge in [-0.3, -0.25) is 4.98 Å². The smallest absolute Gasteiger partial charge is 0.124 e. The van der Waals surface area contributed by atoms with Crippen LogP contribution in [0.5, 0.6) is 0 Å². The predicted molar refractivity (Wildman–Crippen MR) is 61.1 cm³/mol. The summed E-state index contributed by atoms with van der Waals surface area (Å²) in [4.78, 5) is 4.05. The SMILES string of the molecule is O/C(=C/c1ccccn1)c1ccc(F)cc1. The number of hydrogen-bond acceptors (Lipinski definition) is 2. The molecule has 1 aromatic heterocycles. The fourth-order valence-electron chi connectivity index (χ4n) is 1.31. The highest BCUT2D eigenvalue weighted by atomic mass is 19.1. The van der Waals surface area contributed by atoms with Gasteiger partial charge in [0.2, 0.25) is 0 Å². The first-order chi connectivity index (χ1) is 7.75. The van der Waals surface area contributed by atoms with Gasteiger partial charge in [-0.15, -0.1) is 0 Å². The number of hydrogen-bond donors (Lipinski definition) is 1. The van der Waals surface area contributed by atoms with Crippen molar-refractivity contribution in [2.75, 3.05) is 0 Å². The molecule has 1 aromatic carbocycles. The number of aromatic nitrogens is 1. The van der Waals surface area contributed by atoms with Crippen molar-refractivity contribution in [1.82, 2.24) is 4.98 Å². The summed E-state index contributed by atoms with van der Waals surface area (Å²) in [5.41, 5.74) is 1.22. The third-order valence-corrected chi connectivity index (χ3v) is 2.11. The standard InChI is InChI=1S/C13H10FNO/c14-11-6-4-10(5-7-11)13(16)9-12-3-1-2-8-15-12/h1-9,16H/b13-9+. The first-order valence-corrected chi connectivity index (χ1v) is 4.83. The highest BCUT2D eigenvalue weighted by molar-refractivity contribution is 5.74. The maximum absolute atomic E-state index is 12.7. The van der Waals surface area contributed by atoms with Crippen molar-refractivity contribution in [2.45, 2.75) is 0 Å². The topological polar surface area (TPSA) is 33.1 Å². The second-order valence-electron chi connectivity index (χ2n) is 3.29. The van der Waals surface area contributed by atoms with Crippen LogP contribution in [0.3, 0.4) is 0 Å². The van der Waals surface area contributed by atoms with Gasteiger partial charge in [0.25, 0.3) is 0 Å². The molecule has 0 spiro atoms. The van der Waals surface area contributed by atoms with Crippen LogP contribution in [-0.2, 0) is 0 Å². The molecule has 2 nitrogen and oxygen atoms in total. The lowest BCUT2D eigenvalue weighted by atomic mass is 10.1. The van der Waals surface area contributed by atoms with E-state index in [1.807, 2.05) is 6.07 Å². The van der Waals surface area contributed by atoms with Gasteiger partial charge in [0.05, 0.1) is 5.69 Å². The van der Waals surface area contributed by atoms with E-state index >= 15 is 0 Å². The molecule has 0 unspecified atom stereocenters. The molecule has 2 rings (SSSR count). The minimum atomic E-state index is -0.325. The van der Waals surface area contributed by atoms with Crippen LogP contribution in [0.2, 0.25) is 0 Å². The third kappa shape index (κ3) is 2.45. The van der Waals surface area contributed by atoms with Gasteiger partial charge in [-0.05, 0) is 36.4 Å². The van der Waals surface area contributed by atoms with Crippen molar-refractivity contribution in [1.29, 1.82) is 0 Å². The molecule has 1 N–H and O–H groups in total. The molecule has 0 saturated carbocycles. The minimum absolute atomic E-state index is 0.0682. The summed E-state index contributed by atoms with van der Waals surface area (Å²) >= 11 is 0. The average Bonchev–Trinajstić information content (AvgIpc) is 2.31. The van der Waals surface area contributed by atoms with Gasteiger partial charge in [-0.1, -0.05) is 6.07 Å². The molecule has 16 heavy (non-hydrogen) atoms. The lowest BCUT2D eigenvalue weighted by molar-refractivity contribution is 0.515. The summed E-state index contributed by atoms with van der Waals surface area (Å²) in [6.07, 6.45) is 3.18. The zero-order valence-electron chi connectivity index (χ0n) is 8.47. The Hall–Kier alpha value is -2.16. The summed E-state index contributed by atoms with van der Waals surface area (Å²) in [5, 5.41) is 9.76. The summed E-state index contributed by atoms with van der Waals surface area (Å²) in [6.45, 7) is 0. The van der Waals surface area contributed by atoms with Crippen LogP contribution in [0.4, 0.5) is 4.39 Å². The number of aliphatic hydroxyl groups excluding tert-OH is 1. The van der Waals surface area contributed by atoms with Gasteiger partial charge in [0.1, 0.15) is 11.6 Å². The Morgan fingerprint density at radius 3 is 2.50 bits per heavy atom. The van der Waals surface area contributed by atoms with Crippen LogP contribution >= 0.6 is 0 Å². The second-order valence-corrected chi connectivity index (χ2v) is 3.29. The Kier molecular flexibility index (Phi) is 2.96. The zero-order valence-corrected chi connectivity index (χ0v) is 8.47. The van der Waals surface area contributed by atoms with E-state index in [1.54, 1.807) is 18.3 Å². The number of pyridine rings is 1. The second kappa shape index (κ2) is 4.57. The summed E-state index contributed by atoms with van der Waals surface area (Å²) in [7, 11) is 0. The monoisotopic (exact) mass is 215 g/mol. The third-order valence-electron chi connectivity index (χ3n) is 2.11. The number of rotatable bonds is 2. The summed E-state index contributed by atoms with van der Waals surface area (Å²) < 4.78 is 12.7. The van der Waals surface area contributed by atoms with Gasteiger partial charge in [0, 0.05) is 17.8 Å². The van der Waals surface area contributed by atoms with E-state index in [4.69, 9.17) is 0 Å². The van der Waals surface area contributed by atoms with Crippen molar-refractivity contribution < 1.29 is 9.50 Å². The fourth-order valence-corrected chi connectivity index (χ4v) is 1.31. The molecule has 0 saturated heterocycles. The molecule has 80 valence electrons. The summed E-state index contributed by atoms with van der Waals surface area (Å²) in [6, 6.07) is 11.0. The fraction of sp³-hybridized carbons (Fsp3) is 0. The van der Waals surface area contributed by atoms with Gasteiger partial charge < -0.3 is 5.11 Å². The highest BCUT2D eigenvalue weighted by Crippen LogP contribution is 2.14. The van der Waals surface area contributed by atoms with Crippen LogP contribution in [0.25, 0.3) is 11.8 Å². The molecule has 3 heteroatoms. The molecule has 0 bridgehead atoms. The van der Waals surface area contributed by atoms with Crippen LogP contribution in [0, 0.1) is 5.82 Å². The molecule has 0 fully saturated rings. The Balaban J connectivity index is 2.28. The quantitative estimate of drug-likeness (QED) is 0.780. The molecular weight excluding hydrogens is 205 g/mol. The molecule has 0 aliphatic heterocycles. The van der Waals surface area contributed by atoms with Crippen LogP contribution in [0.15, 0.2) is 48.7 Å². The number of benzene rings is 1. The first-order valence-electron chi connectivity index (χ1n) is 4.83. The van der Waals surface area contributed by atoms with Crippen molar-refractivity contribution in [3.8, 4) is 0 Å². The van der Waals surface area contributed by atoms with Gasteiger partial charge in [-0.25, -0.2) is 4.39 Å². The highest BCUT2D eigenvalue weighted by Gasteiger charge is 1.99. The van der Waals surface area contributed by atoms with Crippen molar-refractivity contribution in [2.24, 2.45) is 0 Å². The first kappa shape index (κ1) is 10.4. The van der Waals surface area contributed by atoms with Crippen molar-refractivity contribution in [3.63, 3.8) is 0 Å². The van der Waals surface area contributed by atoms with E-state index in [0.717, 1.165) is 0 Å². The average molecular weight is 215 g/mol. The molecule has 0 atom stereocenters. The molecule has 2 aromatic rings. The maximum atomic E-state index is 12.7. The maximum Gasteiger partial charge on any atom is 0.124 e. The van der Waals surface area contributed by atoms with Gasteiger partial charge in [0.15, 0.2) is 0 Å². The Labute approximate surface area is 92.7 Å². The van der Waals surface area contributed by atoms with E-state index in [0.29, 0.717) is 11.3 Å². The van der Waals surface area contributed by atoms with Crippen LogP contribution < -0.4 is 0 Å². The normalized spacial score (nSPS) is 11.4. The molecule has 0 radical (unpaired) electrons. The number of aliphatic hydroxyl groups is 1. The van der Waals surface area contributed by atoms with E-state index in [2.05, 4.69) is 4.98 Å². The van der Waals surface area contributed by atoms with E-state index < -0.39 is 0 Å². The van der Waals surface area contributed by atoms with Gasteiger partial charge in [-0.2, -0.15) is 0 Å². The Morgan fingerprint density at radius 2 is 1.88 bits per heavy atom. The van der Waals surface area contributed by atoms with Gasteiger partial charge >= 0.3 is 0 Å². The predicted octanol–water partition coefficient (Wildman–Crippen LogP) is 3.28.